The van der Waals surface area contributed by atoms with Crippen LogP contribution in [0.15, 0.2) is 69.5 Å². The first-order valence-electron chi connectivity index (χ1n) is 12.1. The van der Waals surface area contributed by atoms with Gasteiger partial charge in [-0.15, -0.1) is 0 Å². The third-order valence-electron chi connectivity index (χ3n) is 6.81. The van der Waals surface area contributed by atoms with Crippen LogP contribution >= 0.6 is 15.9 Å². The summed E-state index contributed by atoms with van der Waals surface area (Å²) in [7, 11) is 1.58. The van der Waals surface area contributed by atoms with E-state index in [-0.39, 0.29) is 30.0 Å². The fraction of sp³-hybridized carbons (Fsp3) is 0.321. The highest BCUT2D eigenvalue weighted by atomic mass is 79.9. The second kappa shape index (κ2) is 10.3. The Morgan fingerprint density at radius 3 is 2.19 bits per heavy atom. The summed E-state index contributed by atoms with van der Waals surface area (Å²) in [6.07, 6.45) is 4.27. The van der Waals surface area contributed by atoms with Crippen molar-refractivity contribution >= 4 is 39.1 Å². The molecule has 0 spiro atoms. The van der Waals surface area contributed by atoms with E-state index in [0.717, 1.165) is 53.8 Å². The zero-order chi connectivity index (χ0) is 25.2. The van der Waals surface area contributed by atoms with Gasteiger partial charge in [-0.05, 0) is 83.6 Å². The van der Waals surface area contributed by atoms with Crippen molar-refractivity contribution in [1.82, 2.24) is 5.32 Å². The summed E-state index contributed by atoms with van der Waals surface area (Å²) in [5, 5.41) is 6.22. The third kappa shape index (κ3) is 4.82. The van der Waals surface area contributed by atoms with E-state index in [9.17, 15) is 14.4 Å². The number of anilines is 1. The van der Waals surface area contributed by atoms with Crippen molar-refractivity contribution in [1.29, 1.82) is 0 Å². The van der Waals surface area contributed by atoms with Crippen molar-refractivity contribution in [2.45, 2.75) is 44.4 Å². The van der Waals surface area contributed by atoms with Crippen LogP contribution in [0, 0.1) is 0 Å². The topological polar surface area (TPSA) is 93.7 Å². The minimum Gasteiger partial charge on any atom is -0.497 e. The predicted molar refractivity (Wildman–Crippen MR) is 139 cm³/mol. The maximum Gasteiger partial charge on any atom is 0.262 e. The summed E-state index contributed by atoms with van der Waals surface area (Å²) in [4.78, 5) is 38.4. The number of rotatable bonds is 6. The van der Waals surface area contributed by atoms with Crippen molar-refractivity contribution in [2.24, 2.45) is 0 Å². The molecular weight excluding hydrogens is 524 g/mol. The Labute approximate surface area is 218 Å². The van der Waals surface area contributed by atoms with Crippen LogP contribution < -0.4 is 20.1 Å². The maximum atomic E-state index is 13.0. The lowest BCUT2D eigenvalue weighted by Crippen LogP contribution is -2.36. The van der Waals surface area contributed by atoms with Crippen LogP contribution in [0.2, 0.25) is 0 Å². The minimum absolute atomic E-state index is 0.102. The number of ether oxygens (including phenoxy) is 2. The van der Waals surface area contributed by atoms with Crippen molar-refractivity contribution in [3.63, 3.8) is 0 Å². The molecule has 0 radical (unpaired) electrons. The van der Waals surface area contributed by atoms with E-state index in [0.29, 0.717) is 34.5 Å². The lowest BCUT2D eigenvalue weighted by Gasteiger charge is -2.37. The number of hydrogen-bond donors (Lipinski definition) is 2. The van der Waals surface area contributed by atoms with Crippen molar-refractivity contribution in [3.8, 4) is 11.5 Å². The van der Waals surface area contributed by atoms with Crippen LogP contribution in [0.4, 0.5) is 5.69 Å². The van der Waals surface area contributed by atoms with Gasteiger partial charge in [-0.25, -0.2) is 0 Å². The van der Waals surface area contributed by atoms with Gasteiger partial charge in [0, 0.05) is 47.0 Å². The molecule has 5 rings (SSSR count). The van der Waals surface area contributed by atoms with Gasteiger partial charge >= 0.3 is 0 Å². The first-order chi connectivity index (χ1) is 17.4. The van der Waals surface area contributed by atoms with Gasteiger partial charge in [-0.1, -0.05) is 6.07 Å². The molecule has 1 heterocycles. The van der Waals surface area contributed by atoms with Crippen LogP contribution in [0.5, 0.6) is 11.5 Å². The van der Waals surface area contributed by atoms with Crippen LogP contribution in [0.25, 0.3) is 0 Å². The normalized spacial score (nSPS) is 17.8. The third-order valence-corrected chi connectivity index (χ3v) is 7.43. The van der Waals surface area contributed by atoms with Gasteiger partial charge in [0.25, 0.3) is 5.91 Å². The van der Waals surface area contributed by atoms with Gasteiger partial charge in [-0.2, -0.15) is 0 Å². The van der Waals surface area contributed by atoms with E-state index in [2.05, 4.69) is 26.6 Å². The summed E-state index contributed by atoms with van der Waals surface area (Å²) in [6, 6.07) is 12.6. The van der Waals surface area contributed by atoms with E-state index in [1.54, 1.807) is 37.4 Å². The summed E-state index contributed by atoms with van der Waals surface area (Å²) in [6.45, 7) is -0.168. The van der Waals surface area contributed by atoms with Crippen LogP contribution in [0.1, 0.15) is 50.0 Å². The Morgan fingerprint density at radius 1 is 0.972 bits per heavy atom. The lowest BCUT2D eigenvalue weighted by molar-refractivity contribution is -0.118. The Bertz CT molecular complexity index is 1250. The number of benzene rings is 2. The largest absolute Gasteiger partial charge is 0.497 e. The molecule has 2 aromatic carbocycles. The van der Waals surface area contributed by atoms with E-state index in [4.69, 9.17) is 9.47 Å². The molecule has 1 amide bonds. The monoisotopic (exact) mass is 550 g/mol. The van der Waals surface area contributed by atoms with E-state index in [1.807, 2.05) is 12.1 Å². The van der Waals surface area contributed by atoms with Gasteiger partial charge in [0.2, 0.25) is 0 Å². The van der Waals surface area contributed by atoms with Gasteiger partial charge in [-0.3, -0.25) is 14.4 Å². The van der Waals surface area contributed by atoms with Crippen LogP contribution in [-0.4, -0.2) is 31.2 Å². The number of nitrogens with one attached hydrogen (secondary N) is 2. The fourth-order valence-corrected chi connectivity index (χ4v) is 5.66. The smallest absolute Gasteiger partial charge is 0.262 e. The number of amides is 1. The Morgan fingerprint density at radius 2 is 1.61 bits per heavy atom. The zero-order valence-electron chi connectivity index (χ0n) is 20.0. The number of allylic oxidation sites excluding steroid dienone is 4. The van der Waals surface area contributed by atoms with Crippen LogP contribution in [0.3, 0.4) is 0 Å². The second-order valence-corrected chi connectivity index (χ2v) is 10.0. The first kappa shape index (κ1) is 24.3. The highest BCUT2D eigenvalue weighted by Crippen LogP contribution is 2.46. The average molecular weight is 551 g/mol. The van der Waals surface area contributed by atoms with E-state index in [1.165, 1.54) is 0 Å². The highest BCUT2D eigenvalue weighted by molar-refractivity contribution is 9.10. The van der Waals surface area contributed by atoms with Crippen molar-refractivity contribution < 1.29 is 23.9 Å². The number of carbonyl (C=O) groups is 3. The molecule has 36 heavy (non-hydrogen) atoms. The molecule has 0 atom stereocenters. The Kier molecular flexibility index (Phi) is 6.96. The highest BCUT2D eigenvalue weighted by Gasteiger charge is 2.40. The van der Waals surface area contributed by atoms with Crippen molar-refractivity contribution in [3.05, 3.63) is 75.0 Å². The number of Topliss-reactive ketones (excluding diaryl/α,β-unsaturated/α-hetero) is 2. The molecule has 8 heteroatoms. The Hall–Kier alpha value is -3.39. The molecule has 0 aromatic heterocycles. The number of halogens is 1. The van der Waals surface area contributed by atoms with Gasteiger partial charge in [0.1, 0.15) is 11.5 Å². The summed E-state index contributed by atoms with van der Waals surface area (Å²) in [5.74, 6) is 0.750. The predicted octanol–water partition coefficient (Wildman–Crippen LogP) is 5.18. The average Bonchev–Trinajstić information content (AvgIpc) is 2.87. The number of hydrogen-bond acceptors (Lipinski definition) is 6. The first-order valence-corrected chi connectivity index (χ1v) is 12.9. The molecule has 0 fully saturated rings. The zero-order valence-corrected chi connectivity index (χ0v) is 21.6. The minimum atomic E-state index is -0.374. The standard InChI is InChI=1S/C28H27BrN2O5/c1-35-18-11-9-17(10-12-18)30-25(34)15-36-24-13-8-16(14-19(24)29)26-27-20(4-2-6-22(27)32)31-21-5-3-7-23(33)28(21)26/h8-14,26,31H,2-7,15H2,1H3,(H,30,34). The molecule has 2 aliphatic carbocycles. The van der Waals surface area contributed by atoms with Gasteiger partial charge < -0.3 is 20.1 Å². The van der Waals surface area contributed by atoms with E-state index >= 15 is 0 Å². The van der Waals surface area contributed by atoms with E-state index < -0.39 is 0 Å². The number of ketones is 2. The molecule has 2 N–H and O–H groups in total. The summed E-state index contributed by atoms with van der Waals surface area (Å²) in [5.41, 5.74) is 4.85. The molecule has 1 aliphatic heterocycles. The lowest BCUT2D eigenvalue weighted by atomic mass is 9.71. The molecule has 7 nitrogen and oxygen atoms in total. The molecule has 186 valence electrons. The quantitative estimate of drug-likeness (QED) is 0.514. The summed E-state index contributed by atoms with van der Waals surface area (Å²) < 4.78 is 11.5. The molecule has 0 saturated carbocycles. The van der Waals surface area contributed by atoms with Crippen LogP contribution in [-0.2, 0) is 14.4 Å². The number of dihydropyridines is 1. The molecule has 0 saturated heterocycles. The molecule has 0 unspecified atom stereocenters. The second-order valence-electron chi connectivity index (χ2n) is 9.15. The summed E-state index contributed by atoms with van der Waals surface area (Å²) >= 11 is 3.56. The number of carbonyl (C=O) groups excluding carboxylic acids is 3. The van der Waals surface area contributed by atoms with Crippen molar-refractivity contribution in [2.75, 3.05) is 19.0 Å². The SMILES string of the molecule is COc1ccc(NC(=O)COc2ccc(C3C4=C(CCCC4=O)NC4=C3C(=O)CCC4)cc2Br)cc1. The van der Waals surface area contributed by atoms with Gasteiger partial charge in [0.05, 0.1) is 11.6 Å². The molecule has 0 bridgehead atoms. The Balaban J connectivity index is 1.35. The number of methoxy groups -OCH3 is 1. The molecular formula is C28H27BrN2O5. The maximum absolute atomic E-state index is 13.0. The fourth-order valence-electron chi connectivity index (χ4n) is 5.15. The van der Waals surface area contributed by atoms with Gasteiger partial charge in [0.15, 0.2) is 18.2 Å². The molecule has 2 aromatic rings. The molecule has 3 aliphatic rings.